The van der Waals surface area contributed by atoms with Crippen molar-refractivity contribution in [3.05, 3.63) is 5.82 Å². The zero-order valence-electron chi connectivity index (χ0n) is 9.11. The summed E-state index contributed by atoms with van der Waals surface area (Å²) in [4.78, 5) is 6.33. The Morgan fingerprint density at radius 3 is 2.57 bits per heavy atom. The van der Waals surface area contributed by atoms with Gasteiger partial charge in [0, 0.05) is 25.0 Å². The SMILES string of the molecule is CCc1nsc(N(C)C(C)(C)CO)n1. The molecule has 0 amide bonds. The number of aryl methyl sites for hydroxylation is 1. The maximum atomic E-state index is 9.20. The first kappa shape index (κ1) is 11.4. The van der Waals surface area contributed by atoms with Crippen LogP contribution in [0.4, 0.5) is 5.13 Å². The van der Waals surface area contributed by atoms with Gasteiger partial charge in [0.05, 0.1) is 12.1 Å². The van der Waals surface area contributed by atoms with Crippen LogP contribution >= 0.6 is 11.5 Å². The highest BCUT2D eigenvalue weighted by Gasteiger charge is 2.25. The maximum absolute atomic E-state index is 9.20. The number of nitrogens with zero attached hydrogens (tertiary/aromatic N) is 3. The predicted octanol–water partition coefficient (Wildman–Crippen LogP) is 1.31. The molecule has 1 aromatic heterocycles. The molecule has 0 atom stereocenters. The number of hydrogen-bond donors (Lipinski definition) is 1. The quantitative estimate of drug-likeness (QED) is 0.822. The van der Waals surface area contributed by atoms with Crippen molar-refractivity contribution in [1.82, 2.24) is 9.36 Å². The molecule has 0 fully saturated rings. The van der Waals surface area contributed by atoms with Gasteiger partial charge >= 0.3 is 0 Å². The van der Waals surface area contributed by atoms with Gasteiger partial charge in [0.25, 0.3) is 0 Å². The van der Waals surface area contributed by atoms with Gasteiger partial charge in [0.1, 0.15) is 5.82 Å². The summed E-state index contributed by atoms with van der Waals surface area (Å²) in [5.74, 6) is 0.866. The van der Waals surface area contributed by atoms with E-state index in [0.29, 0.717) is 0 Å². The highest BCUT2D eigenvalue weighted by atomic mass is 32.1. The number of likely N-dealkylation sites (N-methyl/N-ethyl adjacent to an activating group) is 1. The fourth-order valence-electron chi connectivity index (χ4n) is 0.890. The van der Waals surface area contributed by atoms with Gasteiger partial charge in [-0.25, -0.2) is 4.98 Å². The van der Waals surface area contributed by atoms with Crippen molar-refractivity contribution in [2.45, 2.75) is 32.7 Å². The number of hydrogen-bond acceptors (Lipinski definition) is 5. The molecule has 0 aliphatic carbocycles. The van der Waals surface area contributed by atoms with E-state index in [4.69, 9.17) is 0 Å². The number of aliphatic hydroxyl groups is 1. The number of rotatable bonds is 4. The zero-order chi connectivity index (χ0) is 10.8. The van der Waals surface area contributed by atoms with E-state index >= 15 is 0 Å². The molecule has 1 aromatic rings. The summed E-state index contributed by atoms with van der Waals surface area (Å²) in [5.41, 5.74) is -0.287. The molecule has 1 heterocycles. The molecule has 0 saturated carbocycles. The van der Waals surface area contributed by atoms with E-state index in [0.717, 1.165) is 17.4 Å². The first-order valence-electron chi connectivity index (χ1n) is 4.68. The van der Waals surface area contributed by atoms with Gasteiger partial charge < -0.3 is 10.0 Å². The summed E-state index contributed by atoms with van der Waals surface area (Å²) >= 11 is 1.38. The Kier molecular flexibility index (Phi) is 3.44. The molecular formula is C9H17N3OS. The second kappa shape index (κ2) is 4.23. The smallest absolute Gasteiger partial charge is 0.205 e. The fraction of sp³-hybridized carbons (Fsp3) is 0.778. The minimum absolute atomic E-state index is 0.102. The van der Waals surface area contributed by atoms with Crippen LogP contribution in [0.5, 0.6) is 0 Å². The lowest BCUT2D eigenvalue weighted by Crippen LogP contribution is -2.44. The lowest BCUT2D eigenvalue weighted by Gasteiger charge is -2.33. The molecule has 0 saturated heterocycles. The Balaban J connectivity index is 2.83. The summed E-state index contributed by atoms with van der Waals surface area (Å²) in [6.45, 7) is 6.08. The van der Waals surface area contributed by atoms with E-state index in [-0.39, 0.29) is 12.1 Å². The third-order valence-electron chi connectivity index (χ3n) is 2.36. The predicted molar refractivity (Wildman–Crippen MR) is 58.9 cm³/mol. The third-order valence-corrected chi connectivity index (χ3v) is 3.19. The number of anilines is 1. The molecule has 0 bridgehead atoms. The molecule has 1 rings (SSSR count). The molecule has 1 N–H and O–H groups in total. The fourth-order valence-corrected chi connectivity index (χ4v) is 1.76. The van der Waals surface area contributed by atoms with E-state index < -0.39 is 0 Å². The molecule has 0 unspecified atom stereocenters. The van der Waals surface area contributed by atoms with Crippen molar-refractivity contribution in [3.8, 4) is 0 Å². The van der Waals surface area contributed by atoms with Crippen molar-refractivity contribution in [1.29, 1.82) is 0 Å². The molecule has 0 aromatic carbocycles. The summed E-state index contributed by atoms with van der Waals surface area (Å²) in [7, 11) is 1.93. The normalized spacial score (nSPS) is 11.8. The van der Waals surface area contributed by atoms with Crippen LogP contribution in [0.15, 0.2) is 0 Å². The van der Waals surface area contributed by atoms with Gasteiger partial charge in [-0.3, -0.25) is 0 Å². The largest absolute Gasteiger partial charge is 0.394 e. The van der Waals surface area contributed by atoms with Gasteiger partial charge in [-0.15, -0.1) is 0 Å². The molecule has 0 aliphatic rings. The maximum Gasteiger partial charge on any atom is 0.205 e. The van der Waals surface area contributed by atoms with Crippen molar-refractivity contribution in [2.24, 2.45) is 0 Å². The van der Waals surface area contributed by atoms with E-state index in [9.17, 15) is 5.11 Å². The van der Waals surface area contributed by atoms with E-state index in [1.807, 2.05) is 32.7 Å². The monoisotopic (exact) mass is 215 g/mol. The minimum Gasteiger partial charge on any atom is -0.394 e. The summed E-state index contributed by atoms with van der Waals surface area (Å²) in [5, 5.41) is 10.1. The van der Waals surface area contributed by atoms with Crippen LogP contribution in [0.2, 0.25) is 0 Å². The zero-order valence-corrected chi connectivity index (χ0v) is 9.93. The second-order valence-corrected chi connectivity index (χ2v) is 4.61. The average Bonchev–Trinajstić information content (AvgIpc) is 2.64. The Hall–Kier alpha value is -0.680. The van der Waals surface area contributed by atoms with Crippen LogP contribution in [-0.2, 0) is 6.42 Å². The van der Waals surface area contributed by atoms with E-state index in [1.165, 1.54) is 11.5 Å². The van der Waals surface area contributed by atoms with Crippen molar-refractivity contribution in [2.75, 3.05) is 18.6 Å². The van der Waals surface area contributed by atoms with Crippen LogP contribution < -0.4 is 4.90 Å². The summed E-state index contributed by atoms with van der Waals surface area (Å²) in [6, 6.07) is 0. The number of aliphatic hydroxyl groups excluding tert-OH is 1. The van der Waals surface area contributed by atoms with Crippen LogP contribution in [-0.4, -0.2) is 33.7 Å². The molecule has 14 heavy (non-hydrogen) atoms. The molecular weight excluding hydrogens is 198 g/mol. The Bertz CT molecular complexity index is 298. The highest BCUT2D eigenvalue weighted by Crippen LogP contribution is 2.23. The highest BCUT2D eigenvalue weighted by molar-refractivity contribution is 7.09. The van der Waals surface area contributed by atoms with Crippen molar-refractivity contribution < 1.29 is 5.11 Å². The van der Waals surface area contributed by atoms with Gasteiger partial charge in [0.2, 0.25) is 5.13 Å². The van der Waals surface area contributed by atoms with E-state index in [2.05, 4.69) is 9.36 Å². The standard InChI is InChI=1S/C9H17N3OS/c1-5-7-10-8(14-11-7)12(4)9(2,3)6-13/h13H,5-6H2,1-4H3. The second-order valence-electron chi connectivity index (χ2n) is 3.88. The Morgan fingerprint density at radius 2 is 2.14 bits per heavy atom. The van der Waals surface area contributed by atoms with Gasteiger partial charge in [-0.1, -0.05) is 6.92 Å². The molecule has 5 heteroatoms. The lowest BCUT2D eigenvalue weighted by atomic mass is 10.1. The van der Waals surface area contributed by atoms with Gasteiger partial charge in [-0.05, 0) is 13.8 Å². The molecule has 0 radical (unpaired) electrons. The minimum atomic E-state index is -0.287. The van der Waals surface area contributed by atoms with Gasteiger partial charge in [-0.2, -0.15) is 4.37 Å². The third kappa shape index (κ3) is 2.22. The van der Waals surface area contributed by atoms with Crippen LogP contribution in [0.1, 0.15) is 26.6 Å². The summed E-state index contributed by atoms with van der Waals surface area (Å²) < 4.78 is 4.21. The molecule has 80 valence electrons. The average molecular weight is 215 g/mol. The Labute approximate surface area is 88.8 Å². The van der Waals surface area contributed by atoms with Crippen LogP contribution in [0, 0.1) is 0 Å². The lowest BCUT2D eigenvalue weighted by molar-refractivity contribution is 0.216. The van der Waals surface area contributed by atoms with Crippen LogP contribution in [0.25, 0.3) is 0 Å². The first-order chi connectivity index (χ1) is 6.51. The van der Waals surface area contributed by atoms with E-state index in [1.54, 1.807) is 0 Å². The molecule has 0 aliphatic heterocycles. The number of aromatic nitrogens is 2. The molecule has 0 spiro atoms. The van der Waals surface area contributed by atoms with Crippen molar-refractivity contribution >= 4 is 16.7 Å². The first-order valence-corrected chi connectivity index (χ1v) is 5.46. The summed E-state index contributed by atoms with van der Waals surface area (Å²) in [6.07, 6.45) is 0.851. The molecule has 4 nitrogen and oxygen atoms in total. The van der Waals surface area contributed by atoms with Crippen molar-refractivity contribution in [3.63, 3.8) is 0 Å². The topological polar surface area (TPSA) is 49.2 Å². The van der Waals surface area contributed by atoms with Crippen LogP contribution in [0.3, 0.4) is 0 Å². The van der Waals surface area contributed by atoms with Gasteiger partial charge in [0.15, 0.2) is 0 Å². The Morgan fingerprint density at radius 1 is 1.50 bits per heavy atom.